The fourth-order valence-corrected chi connectivity index (χ4v) is 3.90. The van der Waals surface area contributed by atoms with E-state index in [-0.39, 0.29) is 12.4 Å². The van der Waals surface area contributed by atoms with Crippen molar-refractivity contribution in [3.8, 4) is 0 Å². The van der Waals surface area contributed by atoms with Crippen molar-refractivity contribution in [2.45, 2.75) is 103 Å². The molecule has 0 atom stereocenters. The van der Waals surface area contributed by atoms with Crippen LogP contribution in [0.2, 0.25) is 6.04 Å². The molecule has 25 heavy (non-hydrogen) atoms. The summed E-state index contributed by atoms with van der Waals surface area (Å²) in [6.07, 6.45) is 18.6. The molecule has 0 saturated heterocycles. The molecule has 0 amide bonds. The number of unbranched alkanes of at least 4 members (excludes halogenated alkanes) is 11. The van der Waals surface area contributed by atoms with Crippen molar-refractivity contribution < 1.29 is 21.3 Å². The fourth-order valence-electron chi connectivity index (χ4n) is 3.25. The number of halogens is 1. The average molecular weight is 392 g/mol. The molecule has 2 radical (unpaired) electrons. The molecule has 0 saturated carbocycles. The summed E-state index contributed by atoms with van der Waals surface area (Å²) in [5.74, 6) is 0. The maximum Gasteiger partial charge on any atom is 0.229 e. The normalized spacial score (nSPS) is 11.5. The van der Waals surface area contributed by atoms with Crippen LogP contribution in [0.4, 0.5) is 0 Å². The van der Waals surface area contributed by atoms with Gasteiger partial charge in [0.05, 0.1) is 27.2 Å². The Hall–Kier alpha value is 0.427. The molecule has 4 heteroatoms. The summed E-state index contributed by atoms with van der Waals surface area (Å²) < 4.78 is 6.64. The van der Waals surface area contributed by atoms with Crippen LogP contribution in [0.5, 0.6) is 0 Å². The van der Waals surface area contributed by atoms with Gasteiger partial charge in [-0.2, -0.15) is 0 Å². The standard InChI is InChI=1S/C21H46NOSi.ClH/c1-5-7-8-9-10-11-12-13-14-15-16-17-19-22(3,4)20-18-21-24-23-6-2;/h5-21H2,1-4H3;1H/q+1;/p-1. The van der Waals surface area contributed by atoms with Gasteiger partial charge in [0.2, 0.25) is 9.76 Å². The molecule has 0 bridgehead atoms. The van der Waals surface area contributed by atoms with Gasteiger partial charge >= 0.3 is 0 Å². The van der Waals surface area contributed by atoms with Gasteiger partial charge in [0.25, 0.3) is 0 Å². The maximum atomic E-state index is 5.45. The van der Waals surface area contributed by atoms with Gasteiger partial charge in [-0.05, 0) is 32.2 Å². The maximum absolute atomic E-state index is 5.45. The van der Waals surface area contributed by atoms with E-state index in [9.17, 15) is 0 Å². The Morgan fingerprint density at radius 2 is 1.08 bits per heavy atom. The van der Waals surface area contributed by atoms with Crippen molar-refractivity contribution in [1.29, 1.82) is 0 Å². The molecular weight excluding hydrogens is 346 g/mol. The first kappa shape index (κ1) is 27.6. The van der Waals surface area contributed by atoms with Crippen molar-refractivity contribution in [1.82, 2.24) is 0 Å². The highest BCUT2D eigenvalue weighted by Crippen LogP contribution is 2.13. The lowest BCUT2D eigenvalue weighted by atomic mass is 10.1. The molecule has 0 aliphatic rings. The van der Waals surface area contributed by atoms with E-state index in [4.69, 9.17) is 4.43 Å². The lowest BCUT2D eigenvalue weighted by Crippen LogP contribution is -3.00. The molecule has 0 aliphatic carbocycles. The first-order valence-electron chi connectivity index (χ1n) is 10.8. The van der Waals surface area contributed by atoms with Crippen molar-refractivity contribution >= 4 is 9.76 Å². The minimum atomic E-state index is 0. The Kier molecular flexibility index (Phi) is 22.9. The number of hydrogen-bond acceptors (Lipinski definition) is 1. The quantitative estimate of drug-likeness (QED) is 0.186. The highest BCUT2D eigenvalue weighted by Gasteiger charge is 2.13. The van der Waals surface area contributed by atoms with E-state index in [1.165, 1.54) is 107 Å². The van der Waals surface area contributed by atoms with Crippen LogP contribution in [0.3, 0.4) is 0 Å². The van der Waals surface area contributed by atoms with Crippen LogP contribution in [0.1, 0.15) is 97.3 Å². The molecule has 0 heterocycles. The molecular formula is C21H46ClNOSi. The summed E-state index contributed by atoms with van der Waals surface area (Å²) in [6.45, 7) is 7.90. The fraction of sp³-hybridized carbons (Fsp3) is 1.00. The van der Waals surface area contributed by atoms with Gasteiger partial charge in [-0.3, -0.25) is 0 Å². The summed E-state index contributed by atoms with van der Waals surface area (Å²) in [5.41, 5.74) is 0. The molecule has 0 spiro atoms. The molecule has 0 aromatic rings. The van der Waals surface area contributed by atoms with Crippen molar-refractivity contribution in [2.75, 3.05) is 33.8 Å². The zero-order chi connectivity index (χ0) is 17.9. The van der Waals surface area contributed by atoms with E-state index in [0.717, 1.165) is 6.61 Å². The molecule has 2 nitrogen and oxygen atoms in total. The van der Waals surface area contributed by atoms with Crippen LogP contribution in [-0.4, -0.2) is 48.0 Å². The molecule has 0 fully saturated rings. The minimum Gasteiger partial charge on any atom is -1.00 e. The summed E-state index contributed by atoms with van der Waals surface area (Å²) in [7, 11) is 5.49. The van der Waals surface area contributed by atoms with Crippen molar-refractivity contribution in [2.24, 2.45) is 0 Å². The first-order chi connectivity index (χ1) is 11.6. The van der Waals surface area contributed by atoms with E-state index in [2.05, 4.69) is 27.9 Å². The van der Waals surface area contributed by atoms with E-state index < -0.39 is 0 Å². The van der Waals surface area contributed by atoms with Gasteiger partial charge in [0.1, 0.15) is 0 Å². The van der Waals surface area contributed by atoms with Gasteiger partial charge in [-0.1, -0.05) is 71.1 Å². The molecule has 0 aliphatic heterocycles. The predicted molar refractivity (Wildman–Crippen MR) is 110 cm³/mol. The second-order valence-corrected chi connectivity index (χ2v) is 9.03. The smallest absolute Gasteiger partial charge is 0.229 e. The summed E-state index contributed by atoms with van der Waals surface area (Å²) in [6, 6.07) is 1.24. The minimum absolute atomic E-state index is 0. The number of rotatable bonds is 19. The van der Waals surface area contributed by atoms with Crippen LogP contribution in [0, 0.1) is 0 Å². The summed E-state index contributed by atoms with van der Waals surface area (Å²) in [4.78, 5) is 0. The number of quaternary nitrogens is 1. The van der Waals surface area contributed by atoms with Crippen molar-refractivity contribution in [3.63, 3.8) is 0 Å². The summed E-state index contributed by atoms with van der Waals surface area (Å²) in [5, 5.41) is 0. The summed E-state index contributed by atoms with van der Waals surface area (Å²) >= 11 is 0. The lowest BCUT2D eigenvalue weighted by Gasteiger charge is -2.29. The van der Waals surface area contributed by atoms with E-state index in [0.29, 0.717) is 9.76 Å². The molecule has 0 N–H and O–H groups in total. The van der Waals surface area contributed by atoms with E-state index in [1.807, 2.05) is 0 Å². The number of hydrogen-bond donors (Lipinski definition) is 0. The second-order valence-electron chi connectivity index (χ2n) is 7.95. The molecule has 0 aromatic heterocycles. The second kappa shape index (κ2) is 20.7. The first-order valence-corrected chi connectivity index (χ1v) is 11.9. The Balaban J connectivity index is 0. The Morgan fingerprint density at radius 3 is 1.56 bits per heavy atom. The highest BCUT2D eigenvalue weighted by molar-refractivity contribution is 6.26. The average Bonchev–Trinajstić information content (AvgIpc) is 2.55. The topological polar surface area (TPSA) is 9.23 Å². The van der Waals surface area contributed by atoms with Gasteiger partial charge in [0.15, 0.2) is 0 Å². The lowest BCUT2D eigenvalue weighted by molar-refractivity contribution is -0.890. The van der Waals surface area contributed by atoms with Crippen LogP contribution < -0.4 is 12.4 Å². The zero-order valence-corrected chi connectivity index (χ0v) is 19.5. The molecule has 0 aromatic carbocycles. The predicted octanol–water partition coefficient (Wildman–Crippen LogP) is 3.23. The van der Waals surface area contributed by atoms with Crippen LogP contribution >= 0.6 is 0 Å². The van der Waals surface area contributed by atoms with Gasteiger partial charge in [-0.15, -0.1) is 0 Å². The molecule has 0 unspecified atom stereocenters. The number of nitrogens with zero attached hydrogens (tertiary/aromatic N) is 1. The largest absolute Gasteiger partial charge is 1.00 e. The van der Waals surface area contributed by atoms with E-state index >= 15 is 0 Å². The molecule has 152 valence electrons. The zero-order valence-electron chi connectivity index (χ0n) is 17.8. The monoisotopic (exact) mass is 391 g/mol. The van der Waals surface area contributed by atoms with Gasteiger partial charge in [0, 0.05) is 6.61 Å². The third-order valence-corrected chi connectivity index (χ3v) is 5.96. The van der Waals surface area contributed by atoms with Gasteiger partial charge < -0.3 is 21.3 Å². The third kappa shape index (κ3) is 22.4. The van der Waals surface area contributed by atoms with Gasteiger partial charge in [-0.25, -0.2) is 0 Å². The Labute approximate surface area is 168 Å². The molecule has 0 rings (SSSR count). The van der Waals surface area contributed by atoms with E-state index in [1.54, 1.807) is 0 Å². The third-order valence-electron chi connectivity index (χ3n) is 4.91. The van der Waals surface area contributed by atoms with Crippen LogP contribution in [-0.2, 0) is 4.43 Å². The Bertz CT molecular complexity index is 252. The highest BCUT2D eigenvalue weighted by atomic mass is 35.5. The SMILES string of the molecule is CCCCCCCCCCCCCC[N+](C)(C)CCC[Si]OCC.[Cl-]. The van der Waals surface area contributed by atoms with Crippen LogP contribution in [0.15, 0.2) is 0 Å². The Morgan fingerprint density at radius 1 is 0.640 bits per heavy atom. The van der Waals surface area contributed by atoms with Crippen molar-refractivity contribution in [3.05, 3.63) is 0 Å². The van der Waals surface area contributed by atoms with Crippen LogP contribution in [0.25, 0.3) is 0 Å².